The zero-order valence-electron chi connectivity index (χ0n) is 21.4. The number of aryl methyl sites for hydroxylation is 1. The molecule has 0 aromatic carbocycles. The highest BCUT2D eigenvalue weighted by atomic mass is 31.2. The number of rotatable bonds is 12. The third-order valence-corrected chi connectivity index (χ3v) is 7.65. The third-order valence-electron chi connectivity index (χ3n) is 6.22. The van der Waals surface area contributed by atoms with Crippen LogP contribution in [0, 0.1) is 5.92 Å². The van der Waals surface area contributed by atoms with Crippen molar-refractivity contribution in [3.8, 4) is 0 Å². The van der Waals surface area contributed by atoms with Crippen molar-refractivity contribution in [1.29, 1.82) is 0 Å². The van der Waals surface area contributed by atoms with E-state index in [2.05, 4.69) is 28.0 Å². The minimum Gasteiger partial charge on any atom is -0.485 e. The number of hydrogen-bond donors (Lipinski definition) is 1. The van der Waals surface area contributed by atoms with Gasteiger partial charge >= 0.3 is 0 Å². The number of aromatic nitrogens is 3. The maximum Gasteiger partial charge on any atom is 0.211 e. The molecule has 2 fully saturated rings. The number of nitrogen functional groups attached to an aromatic ring is 1. The molecule has 2 N–H and O–H groups in total. The van der Waals surface area contributed by atoms with Crippen LogP contribution in [-0.4, -0.2) is 58.6 Å². The molecule has 3 heterocycles. The van der Waals surface area contributed by atoms with Crippen LogP contribution in [0.5, 0.6) is 0 Å². The van der Waals surface area contributed by atoms with Gasteiger partial charge < -0.3 is 29.0 Å². The predicted octanol–water partition coefficient (Wildman–Crippen LogP) is 5.48. The molecule has 2 aromatic rings. The Bertz CT molecular complexity index is 996. The average molecular weight is 502 g/mol. The lowest BCUT2D eigenvalue weighted by atomic mass is 9.84. The zero-order chi connectivity index (χ0) is 25.2. The van der Waals surface area contributed by atoms with Gasteiger partial charge in [0.2, 0.25) is 8.38 Å². The van der Waals surface area contributed by atoms with Gasteiger partial charge in [-0.2, -0.15) is 0 Å². The molecule has 8 nitrogen and oxygen atoms in total. The second-order valence-electron chi connectivity index (χ2n) is 8.77. The molecule has 0 spiro atoms. The fourth-order valence-corrected chi connectivity index (χ4v) is 5.13. The SMILES string of the molecule is C1CC(CN2CCC2)C1.C=C/C(=C\C(=C)OCP(OCC)OCC)c1cn(C)c2ncnc(N)c12. The Balaban J connectivity index is 0.000000313. The van der Waals surface area contributed by atoms with Gasteiger partial charge in [0, 0.05) is 25.4 Å². The van der Waals surface area contributed by atoms with Crippen molar-refractivity contribution in [2.24, 2.45) is 13.0 Å². The minimum absolute atomic E-state index is 0.317. The van der Waals surface area contributed by atoms with E-state index in [1.165, 1.54) is 51.6 Å². The molecule has 0 atom stereocenters. The Kier molecular flexibility index (Phi) is 10.7. The monoisotopic (exact) mass is 501 g/mol. The number of nitrogens with two attached hydrogens (primary N) is 1. The van der Waals surface area contributed by atoms with Crippen molar-refractivity contribution in [3.63, 3.8) is 0 Å². The van der Waals surface area contributed by atoms with Gasteiger partial charge in [0.1, 0.15) is 23.6 Å². The number of anilines is 1. The molecule has 1 aliphatic heterocycles. The van der Waals surface area contributed by atoms with Crippen molar-refractivity contribution < 1.29 is 13.8 Å². The van der Waals surface area contributed by atoms with Crippen LogP contribution >= 0.6 is 8.38 Å². The van der Waals surface area contributed by atoms with E-state index < -0.39 is 8.38 Å². The lowest BCUT2D eigenvalue weighted by Gasteiger charge is -2.37. The molecular formula is C26H40N5O3P. The van der Waals surface area contributed by atoms with Gasteiger partial charge in [0.25, 0.3) is 0 Å². The first-order valence-electron chi connectivity index (χ1n) is 12.4. The molecule has 0 bridgehead atoms. The number of allylic oxidation sites excluding steroid dienone is 3. The van der Waals surface area contributed by atoms with Gasteiger partial charge in [-0.1, -0.05) is 25.7 Å². The summed E-state index contributed by atoms with van der Waals surface area (Å²) in [7, 11) is 0.816. The summed E-state index contributed by atoms with van der Waals surface area (Å²) in [5.74, 6) is 1.99. The summed E-state index contributed by atoms with van der Waals surface area (Å²) in [4.78, 5) is 11.0. The Labute approximate surface area is 210 Å². The molecule has 192 valence electrons. The van der Waals surface area contributed by atoms with Gasteiger partial charge in [-0.3, -0.25) is 0 Å². The quantitative estimate of drug-likeness (QED) is 0.234. The normalized spacial score (nSPS) is 16.4. The summed E-state index contributed by atoms with van der Waals surface area (Å²) < 4.78 is 18.6. The fourth-order valence-electron chi connectivity index (χ4n) is 4.06. The van der Waals surface area contributed by atoms with Gasteiger partial charge in [0.05, 0.1) is 18.6 Å². The summed E-state index contributed by atoms with van der Waals surface area (Å²) in [6, 6.07) is 0. The Morgan fingerprint density at radius 1 is 1.20 bits per heavy atom. The molecule has 0 unspecified atom stereocenters. The van der Waals surface area contributed by atoms with E-state index >= 15 is 0 Å². The first kappa shape index (κ1) is 27.3. The minimum atomic E-state index is -1.09. The van der Waals surface area contributed by atoms with Crippen LogP contribution in [0.1, 0.15) is 45.1 Å². The first-order valence-corrected chi connectivity index (χ1v) is 13.8. The van der Waals surface area contributed by atoms with Crippen LogP contribution in [-0.2, 0) is 20.8 Å². The van der Waals surface area contributed by atoms with Crippen molar-refractivity contribution in [3.05, 3.63) is 49.2 Å². The maximum absolute atomic E-state index is 6.05. The van der Waals surface area contributed by atoms with E-state index in [9.17, 15) is 0 Å². The van der Waals surface area contributed by atoms with Crippen molar-refractivity contribution in [2.75, 3.05) is 44.9 Å². The standard InChI is InChI=1S/C18H25N4O3P.C8H15N/c1-6-14(9-13(4)23-12-26(24-7-2)25-8-3)15-10-22(5)18-16(15)17(19)20-11-21-18;1-3-8(4-1)7-9-5-2-6-9/h6,9-11H,1,4,7-8,12H2,2-3,5H3,(H2,19,20,21);8H,1-7H2/b14-9+;. The largest absolute Gasteiger partial charge is 0.485 e. The number of nitrogens with zero attached hydrogens (tertiary/aromatic N) is 4. The average Bonchev–Trinajstić information content (AvgIpc) is 3.12. The highest BCUT2D eigenvalue weighted by Gasteiger charge is 2.23. The Morgan fingerprint density at radius 2 is 1.91 bits per heavy atom. The molecule has 35 heavy (non-hydrogen) atoms. The van der Waals surface area contributed by atoms with Crippen LogP contribution in [0.3, 0.4) is 0 Å². The number of likely N-dealkylation sites (tertiary alicyclic amines) is 1. The highest BCUT2D eigenvalue weighted by molar-refractivity contribution is 7.47. The van der Waals surface area contributed by atoms with Crippen LogP contribution in [0.25, 0.3) is 16.6 Å². The summed E-state index contributed by atoms with van der Waals surface area (Å²) in [6.07, 6.45) is 13.2. The van der Waals surface area contributed by atoms with Gasteiger partial charge in [-0.25, -0.2) is 9.97 Å². The third kappa shape index (κ3) is 7.61. The summed E-state index contributed by atoms with van der Waals surface area (Å²) >= 11 is 0. The molecular weight excluding hydrogens is 461 g/mol. The number of fused-ring (bicyclic) bond motifs is 1. The Hall–Kier alpha value is -2.25. The molecule has 0 radical (unpaired) electrons. The molecule has 2 aromatic heterocycles. The molecule has 1 aliphatic carbocycles. The van der Waals surface area contributed by atoms with Crippen molar-refractivity contribution in [2.45, 2.75) is 39.5 Å². The first-order chi connectivity index (χ1) is 17.0. The fraction of sp³-hybridized carbons (Fsp3) is 0.538. The molecule has 9 heteroatoms. The van der Waals surface area contributed by atoms with Gasteiger partial charge in [0.15, 0.2) is 6.35 Å². The Morgan fingerprint density at radius 3 is 2.46 bits per heavy atom. The smallest absolute Gasteiger partial charge is 0.211 e. The second kappa shape index (κ2) is 13.7. The molecule has 1 saturated heterocycles. The van der Waals surface area contributed by atoms with E-state index in [-0.39, 0.29) is 0 Å². The summed E-state index contributed by atoms with van der Waals surface area (Å²) in [5, 5.41) is 0.778. The zero-order valence-corrected chi connectivity index (χ0v) is 22.3. The molecule has 2 aliphatic rings. The lowest BCUT2D eigenvalue weighted by molar-refractivity contribution is 0.121. The van der Waals surface area contributed by atoms with Crippen LogP contribution in [0.2, 0.25) is 0 Å². The topological polar surface area (TPSA) is 87.7 Å². The predicted molar refractivity (Wildman–Crippen MR) is 145 cm³/mol. The van der Waals surface area contributed by atoms with E-state index in [1.807, 2.05) is 31.7 Å². The van der Waals surface area contributed by atoms with E-state index in [0.29, 0.717) is 31.1 Å². The van der Waals surface area contributed by atoms with Crippen LogP contribution in [0.4, 0.5) is 5.82 Å². The van der Waals surface area contributed by atoms with Gasteiger partial charge in [-0.05, 0) is 63.8 Å². The van der Waals surface area contributed by atoms with E-state index in [1.54, 1.807) is 12.2 Å². The molecule has 4 rings (SSSR count). The van der Waals surface area contributed by atoms with Gasteiger partial charge in [-0.15, -0.1) is 0 Å². The number of hydrogen-bond acceptors (Lipinski definition) is 7. The summed E-state index contributed by atoms with van der Waals surface area (Å²) in [6.45, 7) is 17.0. The second-order valence-corrected chi connectivity index (χ2v) is 10.2. The van der Waals surface area contributed by atoms with Crippen molar-refractivity contribution in [1.82, 2.24) is 19.4 Å². The lowest BCUT2D eigenvalue weighted by Crippen LogP contribution is -2.41. The molecule has 1 saturated carbocycles. The van der Waals surface area contributed by atoms with Crippen LogP contribution < -0.4 is 5.73 Å². The van der Waals surface area contributed by atoms with E-state index in [0.717, 1.165) is 28.1 Å². The highest BCUT2D eigenvalue weighted by Crippen LogP contribution is 2.38. The van der Waals surface area contributed by atoms with Crippen molar-refractivity contribution >= 4 is 30.8 Å². The molecule has 0 amide bonds. The summed E-state index contributed by atoms with van der Waals surface area (Å²) in [5.41, 5.74) is 8.49. The van der Waals surface area contributed by atoms with Crippen LogP contribution in [0.15, 0.2) is 43.6 Å². The maximum atomic E-state index is 6.05. The van der Waals surface area contributed by atoms with E-state index in [4.69, 9.17) is 19.5 Å². The number of ether oxygens (including phenoxy) is 1.